The molecule has 3 rings (SSSR count). The molecule has 0 saturated heterocycles. The van der Waals surface area contributed by atoms with E-state index < -0.39 is 12.1 Å². The van der Waals surface area contributed by atoms with Crippen molar-refractivity contribution < 1.29 is 24.5 Å². The fourth-order valence-corrected chi connectivity index (χ4v) is 2.98. The van der Waals surface area contributed by atoms with Crippen LogP contribution in [0.2, 0.25) is 5.02 Å². The largest absolute Gasteiger partial charge is 0.486 e. The normalized spacial score (nSPS) is 14.4. The molecule has 0 aromatic heterocycles. The summed E-state index contributed by atoms with van der Waals surface area (Å²) in [5.74, 6) is 0.784. The summed E-state index contributed by atoms with van der Waals surface area (Å²) in [5, 5.41) is 21.7. The minimum atomic E-state index is -0.833. The predicted octanol–water partition coefficient (Wildman–Crippen LogP) is 3.46. The number of aliphatic carboxylic acids is 1. The van der Waals surface area contributed by atoms with E-state index in [1.165, 1.54) is 5.56 Å². The van der Waals surface area contributed by atoms with Gasteiger partial charge in [-0.3, -0.25) is 4.79 Å². The average Bonchev–Trinajstić information content (AvgIpc) is 2.65. The Morgan fingerprint density at radius 1 is 1.18 bits per heavy atom. The number of aliphatic hydroxyl groups is 1. The molecule has 2 aromatic rings. The van der Waals surface area contributed by atoms with Crippen molar-refractivity contribution in [3.05, 3.63) is 58.6 Å². The zero-order valence-corrected chi connectivity index (χ0v) is 16.8. The van der Waals surface area contributed by atoms with Crippen molar-refractivity contribution in [1.82, 2.24) is 5.32 Å². The molecule has 1 heterocycles. The van der Waals surface area contributed by atoms with Crippen molar-refractivity contribution in [2.45, 2.75) is 32.4 Å². The zero-order chi connectivity index (χ0) is 20.5. The molecule has 0 bridgehead atoms. The molecule has 0 saturated carbocycles. The van der Waals surface area contributed by atoms with Gasteiger partial charge in [-0.05, 0) is 48.7 Å². The van der Waals surface area contributed by atoms with E-state index in [2.05, 4.69) is 18.3 Å². The number of benzene rings is 2. The van der Waals surface area contributed by atoms with Crippen LogP contribution in [-0.2, 0) is 11.2 Å². The maximum absolute atomic E-state index is 10.3. The molecule has 0 radical (unpaired) electrons. The summed E-state index contributed by atoms with van der Waals surface area (Å²) in [7, 11) is 0. The number of hydrogen-bond acceptors (Lipinski definition) is 5. The van der Waals surface area contributed by atoms with Gasteiger partial charge < -0.3 is 25.0 Å². The summed E-state index contributed by atoms with van der Waals surface area (Å²) in [6.07, 6.45) is 0.269. The van der Waals surface area contributed by atoms with E-state index in [9.17, 15) is 5.11 Å². The van der Waals surface area contributed by atoms with E-state index in [1.807, 2.05) is 24.3 Å². The SMILES string of the molecule is CC(=O)O.CC(Cc1ccc2c(c1)OCCO2)NCC(O)c1cccc(Cl)c1. The Bertz CT molecular complexity index is 779. The van der Waals surface area contributed by atoms with Crippen molar-refractivity contribution >= 4 is 17.6 Å². The van der Waals surface area contributed by atoms with Crippen LogP contribution in [0.4, 0.5) is 0 Å². The van der Waals surface area contributed by atoms with Crippen LogP contribution in [0.5, 0.6) is 11.5 Å². The lowest BCUT2D eigenvalue weighted by Gasteiger charge is -2.21. The number of carbonyl (C=O) groups is 1. The van der Waals surface area contributed by atoms with Crippen LogP contribution in [0.25, 0.3) is 0 Å². The molecule has 28 heavy (non-hydrogen) atoms. The second-order valence-electron chi connectivity index (χ2n) is 6.58. The fraction of sp³-hybridized carbons (Fsp3) is 0.381. The summed E-state index contributed by atoms with van der Waals surface area (Å²) in [5.41, 5.74) is 2.00. The molecule has 2 atom stereocenters. The van der Waals surface area contributed by atoms with Crippen LogP contribution in [0, 0.1) is 0 Å². The number of nitrogens with one attached hydrogen (secondary N) is 1. The molecule has 7 heteroatoms. The van der Waals surface area contributed by atoms with Gasteiger partial charge in [0.05, 0.1) is 6.10 Å². The van der Waals surface area contributed by atoms with Gasteiger partial charge in [-0.15, -0.1) is 0 Å². The van der Waals surface area contributed by atoms with E-state index in [4.69, 9.17) is 31.0 Å². The second kappa shape index (κ2) is 10.9. The Balaban J connectivity index is 0.000000640. The fourth-order valence-electron chi connectivity index (χ4n) is 2.78. The quantitative estimate of drug-likeness (QED) is 0.679. The molecule has 0 fully saturated rings. The first-order valence-corrected chi connectivity index (χ1v) is 9.48. The smallest absolute Gasteiger partial charge is 0.300 e. The summed E-state index contributed by atoms with van der Waals surface area (Å²) < 4.78 is 11.2. The highest BCUT2D eigenvalue weighted by molar-refractivity contribution is 6.30. The van der Waals surface area contributed by atoms with Gasteiger partial charge in [-0.25, -0.2) is 0 Å². The molecular formula is C21H26ClNO5. The first-order chi connectivity index (χ1) is 13.3. The minimum Gasteiger partial charge on any atom is -0.486 e. The lowest BCUT2D eigenvalue weighted by atomic mass is 10.1. The van der Waals surface area contributed by atoms with Crippen molar-refractivity contribution in [3.63, 3.8) is 0 Å². The number of carboxylic acid groups (broad SMARTS) is 1. The van der Waals surface area contributed by atoms with Crippen molar-refractivity contribution in [3.8, 4) is 11.5 Å². The summed E-state index contributed by atoms with van der Waals surface area (Å²) in [6.45, 7) is 4.86. The summed E-state index contributed by atoms with van der Waals surface area (Å²) in [6, 6.07) is 13.6. The molecule has 3 N–H and O–H groups in total. The van der Waals surface area contributed by atoms with Crippen molar-refractivity contribution in [1.29, 1.82) is 0 Å². The maximum Gasteiger partial charge on any atom is 0.300 e. The third kappa shape index (κ3) is 7.38. The van der Waals surface area contributed by atoms with Crippen molar-refractivity contribution in [2.24, 2.45) is 0 Å². The van der Waals surface area contributed by atoms with Gasteiger partial charge in [0.15, 0.2) is 11.5 Å². The summed E-state index contributed by atoms with van der Waals surface area (Å²) in [4.78, 5) is 9.00. The monoisotopic (exact) mass is 407 g/mol. The van der Waals surface area contributed by atoms with Gasteiger partial charge in [-0.1, -0.05) is 29.8 Å². The first kappa shape index (κ1) is 22.0. The third-order valence-corrected chi connectivity index (χ3v) is 4.28. The Labute approximate surface area is 170 Å². The number of halogens is 1. The minimum absolute atomic E-state index is 0.224. The lowest BCUT2D eigenvalue weighted by Crippen LogP contribution is -2.32. The lowest BCUT2D eigenvalue weighted by molar-refractivity contribution is -0.134. The molecule has 0 aliphatic carbocycles. The number of fused-ring (bicyclic) bond motifs is 1. The van der Waals surface area contributed by atoms with Gasteiger partial charge in [0.25, 0.3) is 5.97 Å². The summed E-state index contributed by atoms with van der Waals surface area (Å²) >= 11 is 5.96. The highest BCUT2D eigenvalue weighted by Crippen LogP contribution is 2.31. The van der Waals surface area contributed by atoms with E-state index in [0.717, 1.165) is 30.4 Å². The Morgan fingerprint density at radius 3 is 2.54 bits per heavy atom. The number of ether oxygens (including phenoxy) is 2. The zero-order valence-electron chi connectivity index (χ0n) is 16.0. The van der Waals surface area contributed by atoms with Crippen LogP contribution < -0.4 is 14.8 Å². The molecule has 1 aliphatic rings. The average molecular weight is 408 g/mol. The van der Waals surface area contributed by atoms with Gasteiger partial charge in [0.1, 0.15) is 13.2 Å². The third-order valence-electron chi connectivity index (χ3n) is 4.04. The molecule has 1 aliphatic heterocycles. The van der Waals surface area contributed by atoms with Crippen LogP contribution >= 0.6 is 11.6 Å². The molecule has 152 valence electrons. The Kier molecular flexibility index (Phi) is 8.57. The number of carboxylic acids is 1. The van der Waals surface area contributed by atoms with Crippen LogP contribution in [0.3, 0.4) is 0 Å². The first-order valence-electron chi connectivity index (χ1n) is 9.10. The van der Waals surface area contributed by atoms with Crippen molar-refractivity contribution in [2.75, 3.05) is 19.8 Å². The van der Waals surface area contributed by atoms with E-state index >= 15 is 0 Å². The van der Waals surface area contributed by atoms with Gasteiger partial charge in [-0.2, -0.15) is 0 Å². The highest BCUT2D eigenvalue weighted by Gasteiger charge is 2.14. The van der Waals surface area contributed by atoms with Gasteiger partial charge in [0, 0.05) is 24.5 Å². The number of rotatable bonds is 6. The molecule has 0 amide bonds. The predicted molar refractivity (Wildman–Crippen MR) is 108 cm³/mol. The van der Waals surface area contributed by atoms with E-state index in [1.54, 1.807) is 12.1 Å². The van der Waals surface area contributed by atoms with Crippen LogP contribution in [-0.4, -0.2) is 42.0 Å². The number of aliphatic hydroxyl groups excluding tert-OH is 1. The highest BCUT2D eigenvalue weighted by atomic mass is 35.5. The Morgan fingerprint density at radius 2 is 1.86 bits per heavy atom. The van der Waals surface area contributed by atoms with E-state index in [-0.39, 0.29) is 6.04 Å². The van der Waals surface area contributed by atoms with E-state index in [0.29, 0.717) is 24.8 Å². The van der Waals surface area contributed by atoms with Gasteiger partial charge in [0.2, 0.25) is 0 Å². The Hall–Kier alpha value is -2.28. The topological polar surface area (TPSA) is 88.0 Å². The second-order valence-corrected chi connectivity index (χ2v) is 7.02. The molecule has 6 nitrogen and oxygen atoms in total. The van der Waals surface area contributed by atoms with Gasteiger partial charge >= 0.3 is 0 Å². The molecular weight excluding hydrogens is 382 g/mol. The molecule has 0 spiro atoms. The molecule has 2 unspecified atom stereocenters. The maximum atomic E-state index is 10.3. The standard InChI is InChI=1S/C19H22ClNO3.C2H4O2/c1-13(21-12-17(22)15-3-2-4-16(20)11-15)9-14-5-6-18-19(10-14)24-8-7-23-18;1-2(3)4/h2-6,10-11,13,17,21-22H,7-9,12H2,1H3;1H3,(H,3,4). The van der Waals surface area contributed by atoms with Crippen LogP contribution in [0.1, 0.15) is 31.1 Å². The number of hydrogen-bond donors (Lipinski definition) is 3. The van der Waals surface area contributed by atoms with Crippen LogP contribution in [0.15, 0.2) is 42.5 Å². The molecule has 2 aromatic carbocycles.